The Kier molecular flexibility index (Phi) is 4.22. The number of benzene rings is 1. The molecule has 1 aliphatic heterocycles. The fourth-order valence-corrected chi connectivity index (χ4v) is 2.51. The van der Waals surface area contributed by atoms with Gasteiger partial charge in [-0.25, -0.2) is 0 Å². The molecule has 1 aliphatic rings. The molecule has 1 atom stereocenters. The van der Waals surface area contributed by atoms with Crippen molar-refractivity contribution < 1.29 is 24.7 Å². The Bertz CT molecular complexity index is 682. The van der Waals surface area contributed by atoms with Gasteiger partial charge in [0.25, 0.3) is 11.6 Å². The van der Waals surface area contributed by atoms with Gasteiger partial charge in [-0.05, 0) is 12.5 Å². The van der Waals surface area contributed by atoms with Crippen LogP contribution in [-0.4, -0.2) is 44.9 Å². The second kappa shape index (κ2) is 5.94. The Morgan fingerprint density at radius 1 is 1.45 bits per heavy atom. The zero-order chi connectivity index (χ0) is 16.4. The summed E-state index contributed by atoms with van der Waals surface area (Å²) in [5.74, 6) is -1.98. The molecular formula is C14H14N2O6. The molecule has 8 nitrogen and oxygen atoms in total. The van der Waals surface area contributed by atoms with Gasteiger partial charge in [0.15, 0.2) is 11.5 Å². The maximum atomic E-state index is 12.0. The summed E-state index contributed by atoms with van der Waals surface area (Å²) in [4.78, 5) is 35.2. The molecule has 1 amide bonds. The minimum Gasteiger partial charge on any atom is -0.503 e. The zero-order valence-corrected chi connectivity index (χ0v) is 11.7. The standard InChI is InChI=1S/C14H14N2O6/c1-8(18)11-12(15(5-6-17)14(20)13(11)19)9-3-2-4-10(7-9)16(21)22/h2-4,7,12,17,19H,5-6H2,1H3/t12-/m0/s1. The molecule has 1 aromatic carbocycles. The van der Waals surface area contributed by atoms with Crippen LogP contribution >= 0.6 is 0 Å². The molecule has 1 aromatic rings. The number of ketones is 1. The number of carbonyl (C=O) groups is 2. The number of nitro groups is 1. The van der Waals surface area contributed by atoms with E-state index in [1.165, 1.54) is 31.2 Å². The first-order valence-corrected chi connectivity index (χ1v) is 6.48. The van der Waals surface area contributed by atoms with Crippen LogP contribution in [0.15, 0.2) is 35.6 Å². The number of nitro benzene ring substituents is 1. The quantitative estimate of drug-likeness (QED) is 0.615. The number of hydrogen-bond donors (Lipinski definition) is 2. The van der Waals surface area contributed by atoms with E-state index in [1.807, 2.05) is 0 Å². The first-order valence-electron chi connectivity index (χ1n) is 6.48. The second-order valence-electron chi connectivity index (χ2n) is 4.80. The van der Waals surface area contributed by atoms with Crippen molar-refractivity contribution in [2.45, 2.75) is 13.0 Å². The number of Topliss-reactive ketones (excluding diaryl/α,β-unsaturated/α-hetero) is 1. The summed E-state index contributed by atoms with van der Waals surface area (Å²) in [5, 5.41) is 29.8. The maximum absolute atomic E-state index is 12.0. The maximum Gasteiger partial charge on any atom is 0.290 e. The summed E-state index contributed by atoms with van der Waals surface area (Å²) in [5.41, 5.74) is 0.00684. The van der Waals surface area contributed by atoms with Gasteiger partial charge in [0, 0.05) is 18.7 Å². The first kappa shape index (κ1) is 15.6. The molecule has 116 valence electrons. The lowest BCUT2D eigenvalue weighted by Crippen LogP contribution is -2.33. The number of rotatable bonds is 5. The molecule has 0 fully saturated rings. The number of β-amino-alcohol motifs (C(OH)–C–C–N with tert-alkyl or cyclic N) is 1. The van der Waals surface area contributed by atoms with Crippen LogP contribution in [0.25, 0.3) is 0 Å². The lowest BCUT2D eigenvalue weighted by Gasteiger charge is -2.25. The Hall–Kier alpha value is -2.74. The van der Waals surface area contributed by atoms with Gasteiger partial charge in [-0.3, -0.25) is 19.7 Å². The van der Waals surface area contributed by atoms with Crippen molar-refractivity contribution in [2.75, 3.05) is 13.2 Å². The molecule has 2 rings (SSSR count). The van der Waals surface area contributed by atoms with Crippen molar-refractivity contribution >= 4 is 17.4 Å². The molecule has 22 heavy (non-hydrogen) atoms. The molecule has 0 aliphatic carbocycles. The fraction of sp³-hybridized carbons (Fsp3) is 0.286. The first-order chi connectivity index (χ1) is 10.4. The van der Waals surface area contributed by atoms with Gasteiger partial charge in [0.05, 0.1) is 23.1 Å². The van der Waals surface area contributed by atoms with Crippen molar-refractivity contribution in [1.29, 1.82) is 0 Å². The number of aliphatic hydroxyl groups excluding tert-OH is 2. The summed E-state index contributed by atoms with van der Waals surface area (Å²) in [7, 11) is 0. The number of amides is 1. The molecule has 8 heteroatoms. The van der Waals surface area contributed by atoms with E-state index in [-0.39, 0.29) is 24.4 Å². The summed E-state index contributed by atoms with van der Waals surface area (Å²) in [6.07, 6.45) is 0. The van der Waals surface area contributed by atoms with Crippen molar-refractivity contribution in [3.05, 3.63) is 51.3 Å². The van der Waals surface area contributed by atoms with Gasteiger partial charge >= 0.3 is 0 Å². The third-order valence-corrected chi connectivity index (χ3v) is 3.42. The second-order valence-corrected chi connectivity index (χ2v) is 4.80. The van der Waals surface area contributed by atoms with E-state index >= 15 is 0 Å². The molecule has 0 spiro atoms. The van der Waals surface area contributed by atoms with E-state index < -0.39 is 28.4 Å². The third kappa shape index (κ3) is 2.56. The van der Waals surface area contributed by atoms with E-state index in [4.69, 9.17) is 5.11 Å². The Morgan fingerprint density at radius 2 is 2.14 bits per heavy atom. The van der Waals surface area contributed by atoms with E-state index in [2.05, 4.69) is 0 Å². The van der Waals surface area contributed by atoms with Crippen molar-refractivity contribution in [3.63, 3.8) is 0 Å². The van der Waals surface area contributed by atoms with Crippen LogP contribution in [0.1, 0.15) is 18.5 Å². The zero-order valence-electron chi connectivity index (χ0n) is 11.7. The highest BCUT2D eigenvalue weighted by Crippen LogP contribution is 2.38. The third-order valence-electron chi connectivity index (χ3n) is 3.42. The highest BCUT2D eigenvalue weighted by molar-refractivity contribution is 6.08. The van der Waals surface area contributed by atoms with E-state index in [0.29, 0.717) is 5.56 Å². The summed E-state index contributed by atoms with van der Waals surface area (Å²) in [6, 6.07) is 4.54. The van der Waals surface area contributed by atoms with Crippen LogP contribution in [0.2, 0.25) is 0 Å². The molecule has 0 bridgehead atoms. The Morgan fingerprint density at radius 3 is 2.68 bits per heavy atom. The Labute approximate surface area is 125 Å². The number of aliphatic hydroxyl groups is 2. The molecule has 1 heterocycles. The largest absolute Gasteiger partial charge is 0.503 e. The number of nitrogens with zero attached hydrogens (tertiary/aromatic N) is 2. The lowest BCUT2D eigenvalue weighted by atomic mass is 9.96. The molecule has 0 saturated carbocycles. The minimum absolute atomic E-state index is 0.104. The minimum atomic E-state index is -0.947. The Balaban J connectivity index is 2.57. The summed E-state index contributed by atoms with van der Waals surface area (Å²) in [6.45, 7) is 0.730. The van der Waals surface area contributed by atoms with E-state index in [1.54, 1.807) is 0 Å². The van der Waals surface area contributed by atoms with Crippen LogP contribution in [0.3, 0.4) is 0 Å². The van der Waals surface area contributed by atoms with Crippen LogP contribution in [0.4, 0.5) is 5.69 Å². The fourth-order valence-electron chi connectivity index (χ4n) is 2.51. The smallest absolute Gasteiger partial charge is 0.290 e. The van der Waals surface area contributed by atoms with Crippen LogP contribution < -0.4 is 0 Å². The number of carbonyl (C=O) groups excluding carboxylic acids is 2. The molecule has 0 saturated heterocycles. The monoisotopic (exact) mass is 306 g/mol. The highest BCUT2D eigenvalue weighted by atomic mass is 16.6. The normalized spacial score (nSPS) is 18.0. The number of non-ortho nitro benzene ring substituents is 1. The average molecular weight is 306 g/mol. The van der Waals surface area contributed by atoms with Crippen molar-refractivity contribution in [2.24, 2.45) is 0 Å². The van der Waals surface area contributed by atoms with Gasteiger partial charge in [-0.2, -0.15) is 0 Å². The van der Waals surface area contributed by atoms with Gasteiger partial charge in [0.2, 0.25) is 0 Å². The molecule has 0 unspecified atom stereocenters. The van der Waals surface area contributed by atoms with Gasteiger partial charge < -0.3 is 15.1 Å². The molecule has 0 aromatic heterocycles. The summed E-state index contributed by atoms with van der Waals surface area (Å²) < 4.78 is 0. The summed E-state index contributed by atoms with van der Waals surface area (Å²) >= 11 is 0. The molecular weight excluding hydrogens is 292 g/mol. The van der Waals surface area contributed by atoms with E-state index in [0.717, 1.165) is 4.90 Å². The number of hydrogen-bond acceptors (Lipinski definition) is 6. The predicted molar refractivity (Wildman–Crippen MR) is 75.0 cm³/mol. The van der Waals surface area contributed by atoms with Crippen molar-refractivity contribution in [1.82, 2.24) is 4.90 Å². The SMILES string of the molecule is CC(=O)C1=C(O)C(=O)N(CCO)[C@H]1c1cccc([N+](=O)[O-])c1. The predicted octanol–water partition coefficient (Wildman–Crippen LogP) is 0.871. The van der Waals surface area contributed by atoms with E-state index in [9.17, 15) is 24.8 Å². The van der Waals surface area contributed by atoms with Gasteiger partial charge in [0.1, 0.15) is 0 Å². The molecule has 0 radical (unpaired) electrons. The highest BCUT2D eigenvalue weighted by Gasteiger charge is 2.42. The average Bonchev–Trinajstić information content (AvgIpc) is 2.72. The molecule has 2 N–H and O–H groups in total. The van der Waals surface area contributed by atoms with Crippen LogP contribution in [-0.2, 0) is 9.59 Å². The van der Waals surface area contributed by atoms with Gasteiger partial charge in [-0.15, -0.1) is 0 Å². The van der Waals surface area contributed by atoms with Crippen LogP contribution in [0.5, 0.6) is 0 Å². The topological polar surface area (TPSA) is 121 Å². The van der Waals surface area contributed by atoms with Gasteiger partial charge in [-0.1, -0.05) is 12.1 Å². The lowest BCUT2D eigenvalue weighted by molar-refractivity contribution is -0.384. The van der Waals surface area contributed by atoms with Crippen LogP contribution in [0, 0.1) is 10.1 Å². The van der Waals surface area contributed by atoms with Crippen molar-refractivity contribution in [3.8, 4) is 0 Å².